The lowest BCUT2D eigenvalue weighted by Crippen LogP contribution is -2.45. The Bertz CT molecular complexity index is 241. The molecule has 3 atom stereocenters. The highest BCUT2D eigenvalue weighted by Gasteiger charge is 2.29. The van der Waals surface area contributed by atoms with E-state index in [0.29, 0.717) is 19.0 Å². The summed E-state index contributed by atoms with van der Waals surface area (Å²) in [7, 11) is 0. The second kappa shape index (κ2) is 8.82. The van der Waals surface area contributed by atoms with Crippen molar-refractivity contribution in [2.75, 3.05) is 26.2 Å². The van der Waals surface area contributed by atoms with Crippen molar-refractivity contribution in [2.24, 2.45) is 17.6 Å². The Morgan fingerprint density at radius 1 is 1.37 bits per heavy atom. The summed E-state index contributed by atoms with van der Waals surface area (Å²) in [5.74, 6) is 0.980. The molecule has 1 aliphatic rings. The first-order chi connectivity index (χ1) is 9.06. The smallest absolute Gasteiger partial charge is 0.251 e. The maximum Gasteiger partial charge on any atom is 0.251 e. The Morgan fingerprint density at radius 3 is 2.68 bits per heavy atom. The van der Waals surface area contributed by atoms with E-state index in [4.69, 9.17) is 10.8 Å². The van der Waals surface area contributed by atoms with Crippen molar-refractivity contribution in [3.05, 3.63) is 0 Å². The van der Waals surface area contributed by atoms with Gasteiger partial charge in [0.1, 0.15) is 0 Å². The highest BCUT2D eigenvalue weighted by molar-refractivity contribution is 4.84. The van der Waals surface area contributed by atoms with Gasteiger partial charge in [-0.15, -0.1) is 0 Å². The van der Waals surface area contributed by atoms with Gasteiger partial charge in [0.25, 0.3) is 6.43 Å². The molecule has 1 aliphatic carbocycles. The topological polar surface area (TPSA) is 49.5 Å². The van der Waals surface area contributed by atoms with E-state index in [-0.39, 0.29) is 25.1 Å². The van der Waals surface area contributed by atoms with Gasteiger partial charge in [-0.1, -0.05) is 19.8 Å². The molecular weight excluding hydrogens is 250 g/mol. The highest BCUT2D eigenvalue weighted by atomic mass is 19.3. The summed E-state index contributed by atoms with van der Waals surface area (Å²) in [4.78, 5) is 1.66. The van der Waals surface area contributed by atoms with Crippen molar-refractivity contribution in [1.82, 2.24) is 4.90 Å². The van der Waals surface area contributed by atoms with E-state index in [2.05, 4.69) is 6.92 Å². The van der Waals surface area contributed by atoms with Crippen LogP contribution in [0.25, 0.3) is 0 Å². The molecule has 19 heavy (non-hydrogen) atoms. The number of nitrogens with zero attached hydrogens (tertiary/aromatic N) is 1. The van der Waals surface area contributed by atoms with Crippen LogP contribution in [-0.4, -0.2) is 48.7 Å². The molecule has 0 aromatic heterocycles. The number of hydrogen-bond donors (Lipinski definition) is 2. The normalized spacial score (nSPS) is 28.3. The van der Waals surface area contributed by atoms with E-state index in [1.54, 1.807) is 4.90 Å². The van der Waals surface area contributed by atoms with Crippen LogP contribution in [0.2, 0.25) is 0 Å². The fourth-order valence-electron chi connectivity index (χ4n) is 3.19. The molecular formula is C14H28F2N2O. The number of aliphatic hydroxyl groups is 1. The molecule has 5 heteroatoms. The molecule has 1 rings (SSSR count). The first-order valence-corrected chi connectivity index (χ1v) is 7.43. The zero-order valence-electron chi connectivity index (χ0n) is 11.9. The van der Waals surface area contributed by atoms with Gasteiger partial charge in [-0.05, 0) is 31.1 Å². The van der Waals surface area contributed by atoms with Crippen LogP contribution in [0.1, 0.15) is 39.0 Å². The predicted octanol–water partition coefficient (Wildman–Crippen LogP) is 2.09. The maximum atomic E-state index is 12.5. The van der Waals surface area contributed by atoms with Crippen molar-refractivity contribution in [2.45, 2.75) is 51.5 Å². The van der Waals surface area contributed by atoms with E-state index in [9.17, 15) is 8.78 Å². The van der Waals surface area contributed by atoms with Gasteiger partial charge in [-0.2, -0.15) is 0 Å². The van der Waals surface area contributed by atoms with Crippen molar-refractivity contribution < 1.29 is 13.9 Å². The van der Waals surface area contributed by atoms with Crippen LogP contribution in [0.4, 0.5) is 8.78 Å². The van der Waals surface area contributed by atoms with Crippen molar-refractivity contribution >= 4 is 0 Å². The van der Waals surface area contributed by atoms with Gasteiger partial charge in [0.2, 0.25) is 0 Å². The molecule has 0 spiro atoms. The third kappa shape index (κ3) is 6.15. The van der Waals surface area contributed by atoms with Crippen LogP contribution in [0, 0.1) is 11.8 Å². The van der Waals surface area contributed by atoms with Crippen LogP contribution in [0.5, 0.6) is 0 Å². The number of aliphatic hydroxyl groups excluding tert-OH is 1. The number of hydrogen-bond acceptors (Lipinski definition) is 3. The third-order valence-electron chi connectivity index (χ3n) is 4.15. The van der Waals surface area contributed by atoms with Crippen LogP contribution < -0.4 is 5.73 Å². The number of alkyl halides is 2. The molecule has 0 heterocycles. The van der Waals surface area contributed by atoms with E-state index in [1.807, 2.05) is 0 Å². The Kier molecular flexibility index (Phi) is 7.80. The van der Waals surface area contributed by atoms with Gasteiger partial charge in [-0.3, -0.25) is 4.90 Å². The van der Waals surface area contributed by atoms with E-state index in [1.165, 1.54) is 19.3 Å². The predicted molar refractivity (Wildman–Crippen MR) is 73.2 cm³/mol. The SMILES string of the molecule is CCCC1CCC(N)C(CN(CCO)CC(F)F)C1. The average Bonchev–Trinajstić information content (AvgIpc) is 2.33. The summed E-state index contributed by atoms with van der Waals surface area (Å²) < 4.78 is 25.0. The fourth-order valence-corrected chi connectivity index (χ4v) is 3.19. The molecule has 0 aromatic carbocycles. The second-order valence-corrected chi connectivity index (χ2v) is 5.77. The molecule has 3 unspecified atom stereocenters. The number of rotatable bonds is 8. The first-order valence-electron chi connectivity index (χ1n) is 7.43. The van der Waals surface area contributed by atoms with Crippen molar-refractivity contribution in [3.63, 3.8) is 0 Å². The Balaban J connectivity index is 2.49. The maximum absolute atomic E-state index is 12.5. The molecule has 3 nitrogen and oxygen atoms in total. The monoisotopic (exact) mass is 278 g/mol. The molecule has 3 N–H and O–H groups in total. The van der Waals surface area contributed by atoms with Gasteiger partial charge in [-0.25, -0.2) is 8.78 Å². The Hall–Kier alpha value is -0.260. The highest BCUT2D eigenvalue weighted by Crippen LogP contribution is 2.31. The minimum Gasteiger partial charge on any atom is -0.395 e. The van der Waals surface area contributed by atoms with Crippen molar-refractivity contribution in [1.29, 1.82) is 0 Å². The molecule has 0 aromatic rings. The lowest BCUT2D eigenvalue weighted by atomic mass is 9.76. The molecule has 0 bridgehead atoms. The largest absolute Gasteiger partial charge is 0.395 e. The van der Waals surface area contributed by atoms with E-state index >= 15 is 0 Å². The van der Waals surface area contributed by atoms with Crippen LogP contribution in [0.3, 0.4) is 0 Å². The lowest BCUT2D eigenvalue weighted by Gasteiger charge is -2.37. The fraction of sp³-hybridized carbons (Fsp3) is 1.00. The van der Waals surface area contributed by atoms with Gasteiger partial charge in [0.05, 0.1) is 13.2 Å². The second-order valence-electron chi connectivity index (χ2n) is 5.77. The zero-order valence-corrected chi connectivity index (χ0v) is 11.9. The van der Waals surface area contributed by atoms with Gasteiger partial charge >= 0.3 is 0 Å². The number of nitrogens with two attached hydrogens (primary N) is 1. The van der Waals surface area contributed by atoms with Crippen LogP contribution in [-0.2, 0) is 0 Å². The van der Waals surface area contributed by atoms with Gasteiger partial charge in [0, 0.05) is 19.1 Å². The summed E-state index contributed by atoms with van der Waals surface area (Å²) in [6, 6.07) is 0.118. The molecule has 114 valence electrons. The third-order valence-corrected chi connectivity index (χ3v) is 4.15. The van der Waals surface area contributed by atoms with Gasteiger partial charge in [0.15, 0.2) is 0 Å². The summed E-state index contributed by atoms with van der Waals surface area (Å²) in [6.07, 6.45) is 3.23. The zero-order chi connectivity index (χ0) is 14.3. The summed E-state index contributed by atoms with van der Waals surface area (Å²) in [6.45, 7) is 2.74. The molecule has 0 saturated heterocycles. The van der Waals surface area contributed by atoms with E-state index < -0.39 is 6.43 Å². The van der Waals surface area contributed by atoms with E-state index in [0.717, 1.165) is 12.8 Å². The molecule has 0 aliphatic heterocycles. The average molecular weight is 278 g/mol. The molecule has 1 saturated carbocycles. The quantitative estimate of drug-likeness (QED) is 0.715. The Morgan fingerprint density at radius 2 is 2.11 bits per heavy atom. The Labute approximate surface area is 115 Å². The minimum absolute atomic E-state index is 0.0763. The van der Waals surface area contributed by atoms with Crippen LogP contribution in [0.15, 0.2) is 0 Å². The molecule has 0 radical (unpaired) electrons. The van der Waals surface area contributed by atoms with Crippen molar-refractivity contribution in [3.8, 4) is 0 Å². The number of halogens is 2. The minimum atomic E-state index is -2.35. The molecule has 0 amide bonds. The summed E-state index contributed by atoms with van der Waals surface area (Å²) >= 11 is 0. The van der Waals surface area contributed by atoms with Gasteiger partial charge < -0.3 is 10.8 Å². The summed E-state index contributed by atoms with van der Waals surface area (Å²) in [5.41, 5.74) is 6.14. The molecule has 1 fully saturated rings. The van der Waals surface area contributed by atoms with Crippen LogP contribution >= 0.6 is 0 Å². The lowest BCUT2D eigenvalue weighted by molar-refractivity contribution is 0.0586. The first kappa shape index (κ1) is 16.8. The standard InChI is InChI=1S/C14H28F2N2O/c1-2-3-11-4-5-13(17)12(8-11)9-18(6-7-19)10-14(15)16/h11-14,19H,2-10,17H2,1H3. The summed E-state index contributed by atoms with van der Waals surface area (Å²) in [5, 5.41) is 8.96.